The Labute approximate surface area is 104 Å². The van der Waals surface area contributed by atoms with Crippen molar-refractivity contribution in [1.82, 2.24) is 4.90 Å². The van der Waals surface area contributed by atoms with Gasteiger partial charge in [-0.1, -0.05) is 6.07 Å². The molecule has 0 aromatic heterocycles. The van der Waals surface area contributed by atoms with Crippen molar-refractivity contribution in [3.63, 3.8) is 0 Å². The molecule has 1 atom stereocenters. The number of nitrogens with zero attached hydrogens (tertiary/aromatic N) is 1. The van der Waals surface area contributed by atoms with Crippen molar-refractivity contribution in [2.75, 3.05) is 19.8 Å². The Kier molecular flexibility index (Phi) is 3.95. The fraction of sp³-hybridized carbons (Fsp3) is 0.500. The van der Waals surface area contributed by atoms with E-state index < -0.39 is 0 Å². The van der Waals surface area contributed by atoms with Crippen molar-refractivity contribution in [3.05, 3.63) is 34.1 Å². The van der Waals surface area contributed by atoms with E-state index in [1.807, 2.05) is 6.07 Å². The lowest BCUT2D eigenvalue weighted by atomic mass is 10.1. The third kappa shape index (κ3) is 2.81. The van der Waals surface area contributed by atoms with Gasteiger partial charge in [-0.15, -0.1) is 0 Å². The normalized spacial score (nSPS) is 22.3. The minimum absolute atomic E-state index is 0.196. The maximum absolute atomic E-state index is 13.3. The van der Waals surface area contributed by atoms with E-state index in [-0.39, 0.29) is 5.82 Å². The van der Waals surface area contributed by atoms with Crippen LogP contribution in [0.15, 0.2) is 22.7 Å². The van der Waals surface area contributed by atoms with Crippen molar-refractivity contribution in [1.29, 1.82) is 0 Å². The maximum Gasteiger partial charge on any atom is 0.137 e. The van der Waals surface area contributed by atoms with Crippen LogP contribution in [0.2, 0.25) is 0 Å². The Bertz CT molecular complexity index is 372. The van der Waals surface area contributed by atoms with Gasteiger partial charge in [0.1, 0.15) is 5.82 Å². The highest BCUT2D eigenvalue weighted by molar-refractivity contribution is 9.10. The van der Waals surface area contributed by atoms with Gasteiger partial charge in [-0.3, -0.25) is 4.90 Å². The summed E-state index contributed by atoms with van der Waals surface area (Å²) in [4.78, 5) is 2.31. The first kappa shape index (κ1) is 12.0. The third-order valence-corrected chi connectivity index (χ3v) is 3.52. The lowest BCUT2D eigenvalue weighted by Gasteiger charge is -2.33. The molecule has 2 nitrogen and oxygen atoms in total. The number of hydrogen-bond donors (Lipinski definition) is 0. The van der Waals surface area contributed by atoms with Gasteiger partial charge in [-0.05, 0) is 40.5 Å². The van der Waals surface area contributed by atoms with Crippen molar-refractivity contribution in [2.24, 2.45) is 0 Å². The lowest BCUT2D eigenvalue weighted by Crippen LogP contribution is -2.42. The predicted octanol–water partition coefficient (Wildman–Crippen LogP) is 2.81. The molecule has 1 fully saturated rings. The monoisotopic (exact) mass is 287 g/mol. The highest BCUT2D eigenvalue weighted by atomic mass is 79.9. The molecule has 1 aliphatic heterocycles. The van der Waals surface area contributed by atoms with Crippen LogP contribution in [0.3, 0.4) is 0 Å². The Hall–Kier alpha value is -0.450. The van der Waals surface area contributed by atoms with Crippen molar-refractivity contribution >= 4 is 15.9 Å². The van der Waals surface area contributed by atoms with Crippen molar-refractivity contribution in [3.8, 4) is 0 Å². The molecule has 1 aromatic carbocycles. The van der Waals surface area contributed by atoms with Crippen LogP contribution in [0.4, 0.5) is 4.39 Å². The third-order valence-electron chi connectivity index (χ3n) is 2.87. The lowest BCUT2D eigenvalue weighted by molar-refractivity contribution is -0.00440. The number of hydrogen-bond acceptors (Lipinski definition) is 2. The Morgan fingerprint density at radius 3 is 3.06 bits per heavy atom. The van der Waals surface area contributed by atoms with Crippen LogP contribution in [0.1, 0.15) is 12.5 Å². The summed E-state index contributed by atoms with van der Waals surface area (Å²) in [5.74, 6) is -0.196. The van der Waals surface area contributed by atoms with E-state index >= 15 is 0 Å². The second-order valence-corrected chi connectivity index (χ2v) is 5.00. The molecule has 0 aliphatic carbocycles. The van der Waals surface area contributed by atoms with E-state index in [1.165, 1.54) is 0 Å². The molecule has 1 aromatic rings. The fourth-order valence-corrected chi connectivity index (χ4v) is 2.12. The van der Waals surface area contributed by atoms with Crippen LogP contribution in [0, 0.1) is 5.82 Å². The van der Waals surface area contributed by atoms with Gasteiger partial charge in [0.25, 0.3) is 0 Å². The van der Waals surface area contributed by atoms with Crippen molar-refractivity contribution in [2.45, 2.75) is 19.5 Å². The smallest absolute Gasteiger partial charge is 0.137 e. The average Bonchev–Trinajstić information content (AvgIpc) is 2.27. The molecule has 4 heteroatoms. The zero-order chi connectivity index (χ0) is 11.5. The summed E-state index contributed by atoms with van der Waals surface area (Å²) < 4.78 is 19.2. The standard InChI is InChI=1S/C12H15BrFNO/c1-9-8-16-5-4-15(9)7-10-2-3-11(13)12(14)6-10/h2-3,6,9H,4-5,7-8H2,1H3/t9-/m1/s1. The van der Waals surface area contributed by atoms with E-state index in [0.29, 0.717) is 10.5 Å². The highest BCUT2D eigenvalue weighted by Gasteiger charge is 2.18. The maximum atomic E-state index is 13.3. The first-order chi connectivity index (χ1) is 7.66. The molecule has 2 rings (SSSR count). The molecule has 0 spiro atoms. The summed E-state index contributed by atoms with van der Waals surface area (Å²) in [7, 11) is 0. The summed E-state index contributed by atoms with van der Waals surface area (Å²) in [5, 5.41) is 0. The molecule has 0 radical (unpaired) electrons. The SMILES string of the molecule is C[C@@H]1COCCN1Cc1ccc(Br)c(F)c1. The van der Waals surface area contributed by atoms with Gasteiger partial charge in [0.2, 0.25) is 0 Å². The van der Waals surface area contributed by atoms with Gasteiger partial charge in [-0.25, -0.2) is 4.39 Å². The zero-order valence-corrected chi connectivity index (χ0v) is 10.8. The van der Waals surface area contributed by atoms with E-state index in [1.54, 1.807) is 12.1 Å². The second-order valence-electron chi connectivity index (χ2n) is 4.14. The Morgan fingerprint density at radius 2 is 2.38 bits per heavy atom. The molecule has 1 heterocycles. The largest absolute Gasteiger partial charge is 0.379 e. The van der Waals surface area contributed by atoms with Crippen LogP contribution in [0.5, 0.6) is 0 Å². The van der Waals surface area contributed by atoms with Gasteiger partial charge >= 0.3 is 0 Å². The number of halogens is 2. The molecule has 1 saturated heterocycles. The van der Waals surface area contributed by atoms with E-state index in [0.717, 1.165) is 31.9 Å². The molecule has 0 unspecified atom stereocenters. The molecule has 0 saturated carbocycles. The topological polar surface area (TPSA) is 12.5 Å². The van der Waals surface area contributed by atoms with Crippen LogP contribution in [0.25, 0.3) is 0 Å². The van der Waals surface area contributed by atoms with E-state index in [9.17, 15) is 4.39 Å². The van der Waals surface area contributed by atoms with Gasteiger partial charge in [-0.2, -0.15) is 0 Å². The fourth-order valence-electron chi connectivity index (χ4n) is 1.87. The highest BCUT2D eigenvalue weighted by Crippen LogP contribution is 2.18. The summed E-state index contributed by atoms with van der Waals surface area (Å²) in [6.07, 6.45) is 0. The number of ether oxygens (including phenoxy) is 1. The first-order valence-electron chi connectivity index (χ1n) is 5.42. The minimum atomic E-state index is -0.196. The Morgan fingerprint density at radius 1 is 1.56 bits per heavy atom. The molecular formula is C12H15BrFNO. The molecule has 88 valence electrons. The van der Waals surface area contributed by atoms with Crippen molar-refractivity contribution < 1.29 is 9.13 Å². The number of benzene rings is 1. The van der Waals surface area contributed by atoms with Crippen LogP contribution >= 0.6 is 15.9 Å². The molecular weight excluding hydrogens is 273 g/mol. The second kappa shape index (κ2) is 5.25. The average molecular weight is 288 g/mol. The zero-order valence-electron chi connectivity index (χ0n) is 9.25. The molecule has 1 aliphatic rings. The minimum Gasteiger partial charge on any atom is -0.379 e. The summed E-state index contributed by atoms with van der Waals surface area (Å²) in [6, 6.07) is 5.71. The quantitative estimate of drug-likeness (QED) is 0.829. The summed E-state index contributed by atoms with van der Waals surface area (Å²) in [6.45, 7) is 5.37. The van der Waals surface area contributed by atoms with E-state index in [4.69, 9.17) is 4.74 Å². The number of rotatable bonds is 2. The van der Waals surface area contributed by atoms with Gasteiger partial charge in [0.05, 0.1) is 17.7 Å². The van der Waals surface area contributed by atoms with Crippen LogP contribution < -0.4 is 0 Å². The van der Waals surface area contributed by atoms with Crippen LogP contribution in [-0.4, -0.2) is 30.7 Å². The molecule has 0 amide bonds. The number of morpholine rings is 1. The van der Waals surface area contributed by atoms with Gasteiger partial charge in [0.15, 0.2) is 0 Å². The Balaban J connectivity index is 2.05. The predicted molar refractivity (Wildman–Crippen MR) is 64.8 cm³/mol. The van der Waals surface area contributed by atoms with Gasteiger partial charge < -0.3 is 4.74 Å². The summed E-state index contributed by atoms with van der Waals surface area (Å²) in [5.41, 5.74) is 1.01. The van der Waals surface area contributed by atoms with Crippen LogP contribution in [-0.2, 0) is 11.3 Å². The van der Waals surface area contributed by atoms with Gasteiger partial charge in [0, 0.05) is 19.1 Å². The molecule has 16 heavy (non-hydrogen) atoms. The summed E-state index contributed by atoms with van der Waals surface area (Å²) >= 11 is 3.16. The van der Waals surface area contributed by atoms with E-state index in [2.05, 4.69) is 27.8 Å². The molecule has 0 bridgehead atoms. The first-order valence-corrected chi connectivity index (χ1v) is 6.22. The molecule has 0 N–H and O–H groups in total.